The molecule has 1 aromatic rings. The normalized spacial score (nSPS) is 11.1. The minimum atomic E-state index is -3.25. The molecule has 0 aliphatic rings. The Morgan fingerprint density at radius 3 is 2.50 bits per heavy atom. The Kier molecular flexibility index (Phi) is 2.59. The van der Waals surface area contributed by atoms with E-state index in [0.29, 0.717) is 0 Å². The van der Waals surface area contributed by atoms with Gasteiger partial charge in [-0.1, -0.05) is 0 Å². The molecule has 0 amide bonds. The van der Waals surface area contributed by atoms with Gasteiger partial charge in [-0.3, -0.25) is 4.72 Å². The molecule has 0 unspecified atom stereocenters. The van der Waals surface area contributed by atoms with Crippen LogP contribution in [-0.2, 0) is 10.0 Å². The molecule has 0 spiro atoms. The fourth-order valence-electron chi connectivity index (χ4n) is 0.563. The van der Waals surface area contributed by atoms with Crippen molar-refractivity contribution in [3.63, 3.8) is 0 Å². The maximum Gasteiger partial charge on any atom is 0.236 e. The molecule has 0 bridgehead atoms. The van der Waals surface area contributed by atoms with Crippen molar-refractivity contribution in [2.45, 2.75) is 6.92 Å². The number of anilines is 1. The van der Waals surface area contributed by atoms with Gasteiger partial charge in [-0.05, 0) is 13.0 Å². The number of hydrogen-bond acceptors (Lipinski definition) is 4. The molecular formula is C6H9N3O2S. The van der Waals surface area contributed by atoms with Crippen LogP contribution in [-0.4, -0.2) is 24.1 Å². The summed E-state index contributed by atoms with van der Waals surface area (Å²) in [4.78, 5) is 7.42. The summed E-state index contributed by atoms with van der Waals surface area (Å²) in [6.45, 7) is 1.55. The Labute approximate surface area is 70.9 Å². The molecule has 1 aromatic heterocycles. The molecule has 0 aliphatic carbocycles. The highest BCUT2D eigenvalue weighted by molar-refractivity contribution is 7.92. The number of nitrogens with zero attached hydrogens (tertiary/aromatic N) is 2. The number of nitrogens with one attached hydrogen (secondary N) is 1. The number of sulfonamides is 1. The lowest BCUT2D eigenvalue weighted by Crippen LogP contribution is -2.16. The summed E-state index contributed by atoms with van der Waals surface area (Å²) in [6, 6.07) is 1.61. The summed E-state index contributed by atoms with van der Waals surface area (Å²) in [5.41, 5.74) is 0. The zero-order valence-corrected chi connectivity index (χ0v) is 7.37. The van der Waals surface area contributed by atoms with E-state index in [1.165, 1.54) is 12.4 Å². The van der Waals surface area contributed by atoms with Crippen LogP contribution in [0.1, 0.15) is 6.92 Å². The van der Waals surface area contributed by atoms with Crippen LogP contribution in [0, 0.1) is 0 Å². The molecule has 0 saturated carbocycles. The fraction of sp³-hybridized carbons (Fsp3) is 0.333. The molecule has 6 heteroatoms. The monoisotopic (exact) mass is 187 g/mol. The average Bonchev–Trinajstić information content (AvgIpc) is 2.06. The highest BCUT2D eigenvalue weighted by atomic mass is 32.2. The lowest BCUT2D eigenvalue weighted by atomic mass is 10.7. The van der Waals surface area contributed by atoms with Crippen molar-refractivity contribution >= 4 is 16.0 Å². The smallest absolute Gasteiger partial charge is 0.236 e. The van der Waals surface area contributed by atoms with Crippen molar-refractivity contribution in [3.05, 3.63) is 18.5 Å². The Hall–Kier alpha value is -1.17. The van der Waals surface area contributed by atoms with Gasteiger partial charge in [-0.25, -0.2) is 18.4 Å². The lowest BCUT2D eigenvalue weighted by molar-refractivity contribution is 0.602. The van der Waals surface area contributed by atoms with Crippen LogP contribution in [0.3, 0.4) is 0 Å². The summed E-state index contributed by atoms with van der Waals surface area (Å²) in [5, 5.41) is 0. The third kappa shape index (κ3) is 2.46. The largest absolute Gasteiger partial charge is 0.251 e. The highest BCUT2D eigenvalue weighted by Gasteiger charge is 2.06. The third-order valence-electron chi connectivity index (χ3n) is 1.19. The van der Waals surface area contributed by atoms with Crippen molar-refractivity contribution in [1.29, 1.82) is 0 Å². The third-order valence-corrected chi connectivity index (χ3v) is 2.45. The Morgan fingerprint density at radius 1 is 1.42 bits per heavy atom. The summed E-state index contributed by atoms with van der Waals surface area (Å²) in [5.74, 6) is 0.130. The molecule has 0 fully saturated rings. The van der Waals surface area contributed by atoms with E-state index in [1.807, 2.05) is 0 Å². The topological polar surface area (TPSA) is 72.0 Å². The molecule has 5 nitrogen and oxygen atoms in total. The van der Waals surface area contributed by atoms with Gasteiger partial charge in [0.25, 0.3) is 0 Å². The zero-order valence-electron chi connectivity index (χ0n) is 6.56. The summed E-state index contributed by atoms with van der Waals surface area (Å²) >= 11 is 0. The molecule has 1 rings (SSSR count). The molecule has 1 heterocycles. The molecule has 0 radical (unpaired) electrons. The molecule has 66 valence electrons. The van der Waals surface area contributed by atoms with Crippen LogP contribution in [0.5, 0.6) is 0 Å². The van der Waals surface area contributed by atoms with Gasteiger partial charge in [0.1, 0.15) is 0 Å². The van der Waals surface area contributed by atoms with Crippen LogP contribution in [0.15, 0.2) is 18.5 Å². The highest BCUT2D eigenvalue weighted by Crippen LogP contribution is 1.98. The molecule has 12 heavy (non-hydrogen) atoms. The second-order valence-corrected chi connectivity index (χ2v) is 4.09. The van der Waals surface area contributed by atoms with Crippen LogP contribution in [0.4, 0.5) is 5.95 Å². The van der Waals surface area contributed by atoms with Crippen LogP contribution in [0.2, 0.25) is 0 Å². The summed E-state index contributed by atoms with van der Waals surface area (Å²) < 4.78 is 24.2. The summed E-state index contributed by atoms with van der Waals surface area (Å²) in [7, 11) is -3.25. The quantitative estimate of drug-likeness (QED) is 0.735. The predicted molar refractivity (Wildman–Crippen MR) is 45.1 cm³/mol. The van der Waals surface area contributed by atoms with Gasteiger partial charge in [0.15, 0.2) is 0 Å². The van der Waals surface area contributed by atoms with Crippen LogP contribution < -0.4 is 4.72 Å². The molecular weight excluding hydrogens is 178 g/mol. The zero-order chi connectivity index (χ0) is 9.03. The van der Waals surface area contributed by atoms with Gasteiger partial charge in [-0.2, -0.15) is 0 Å². The molecule has 0 aromatic carbocycles. The van der Waals surface area contributed by atoms with E-state index in [4.69, 9.17) is 0 Å². The van der Waals surface area contributed by atoms with E-state index in [2.05, 4.69) is 14.7 Å². The van der Waals surface area contributed by atoms with E-state index in [1.54, 1.807) is 13.0 Å². The van der Waals surface area contributed by atoms with Crippen molar-refractivity contribution in [1.82, 2.24) is 9.97 Å². The van der Waals surface area contributed by atoms with Crippen molar-refractivity contribution in [2.75, 3.05) is 10.5 Å². The Bertz CT molecular complexity index is 335. The van der Waals surface area contributed by atoms with Crippen molar-refractivity contribution < 1.29 is 8.42 Å². The van der Waals surface area contributed by atoms with Gasteiger partial charge < -0.3 is 0 Å². The first kappa shape index (κ1) is 8.92. The predicted octanol–water partition coefficient (Wildman–Crippen LogP) is 0.238. The van der Waals surface area contributed by atoms with E-state index in [-0.39, 0.29) is 11.7 Å². The van der Waals surface area contributed by atoms with Gasteiger partial charge in [0.2, 0.25) is 16.0 Å². The summed E-state index contributed by atoms with van der Waals surface area (Å²) in [6.07, 6.45) is 2.95. The first-order chi connectivity index (χ1) is 5.64. The van der Waals surface area contributed by atoms with E-state index in [9.17, 15) is 8.42 Å². The second-order valence-electron chi connectivity index (χ2n) is 2.08. The molecule has 0 atom stereocenters. The Morgan fingerprint density at radius 2 is 2.00 bits per heavy atom. The van der Waals surface area contributed by atoms with Crippen molar-refractivity contribution in [3.8, 4) is 0 Å². The molecule has 0 saturated heterocycles. The average molecular weight is 187 g/mol. The SMILES string of the molecule is CCS(=O)(=O)Nc1ncccn1. The number of rotatable bonds is 3. The van der Waals surface area contributed by atoms with E-state index in [0.717, 1.165) is 0 Å². The Balaban J connectivity index is 2.78. The van der Waals surface area contributed by atoms with Gasteiger partial charge >= 0.3 is 0 Å². The van der Waals surface area contributed by atoms with Crippen molar-refractivity contribution in [2.24, 2.45) is 0 Å². The first-order valence-electron chi connectivity index (χ1n) is 3.41. The number of hydrogen-bond donors (Lipinski definition) is 1. The fourth-order valence-corrected chi connectivity index (χ4v) is 1.09. The minimum Gasteiger partial charge on any atom is -0.251 e. The molecule has 1 N–H and O–H groups in total. The maximum absolute atomic E-state index is 11.0. The second kappa shape index (κ2) is 3.48. The van der Waals surface area contributed by atoms with Gasteiger partial charge in [0, 0.05) is 12.4 Å². The van der Waals surface area contributed by atoms with Crippen LogP contribution >= 0.6 is 0 Å². The van der Waals surface area contributed by atoms with Gasteiger partial charge in [-0.15, -0.1) is 0 Å². The van der Waals surface area contributed by atoms with E-state index < -0.39 is 10.0 Å². The van der Waals surface area contributed by atoms with E-state index >= 15 is 0 Å². The first-order valence-corrected chi connectivity index (χ1v) is 5.07. The number of aromatic nitrogens is 2. The van der Waals surface area contributed by atoms with Gasteiger partial charge in [0.05, 0.1) is 5.75 Å². The maximum atomic E-state index is 11.0. The minimum absolute atomic E-state index is 0.0191. The molecule has 0 aliphatic heterocycles. The van der Waals surface area contributed by atoms with Crippen LogP contribution in [0.25, 0.3) is 0 Å². The standard InChI is InChI=1S/C6H9N3O2S/c1-2-12(10,11)9-6-7-4-3-5-8-6/h3-5H,2H2,1H3,(H,7,8,9). The lowest BCUT2D eigenvalue weighted by Gasteiger charge is -2.01.